The molecular formula is C11H15Cl2N. The summed E-state index contributed by atoms with van der Waals surface area (Å²) in [4.78, 5) is 2.24. The number of benzene rings is 1. The first-order valence-electron chi connectivity index (χ1n) is 4.85. The highest BCUT2D eigenvalue weighted by Crippen LogP contribution is 2.24. The summed E-state index contributed by atoms with van der Waals surface area (Å²) in [5.74, 6) is 0.695. The Morgan fingerprint density at radius 3 is 2.57 bits per heavy atom. The average Bonchev–Trinajstić information content (AvgIpc) is 2.21. The Bertz CT molecular complexity index is 276. The lowest BCUT2D eigenvalue weighted by molar-refractivity contribution is 0.795. The number of alkyl halides is 1. The van der Waals surface area contributed by atoms with Crippen molar-refractivity contribution in [3.8, 4) is 0 Å². The van der Waals surface area contributed by atoms with Gasteiger partial charge >= 0.3 is 0 Å². The van der Waals surface area contributed by atoms with E-state index in [9.17, 15) is 0 Å². The highest BCUT2D eigenvalue weighted by molar-refractivity contribution is 6.33. The molecule has 1 aromatic rings. The Morgan fingerprint density at radius 1 is 1.29 bits per heavy atom. The molecule has 0 radical (unpaired) electrons. The Balaban J connectivity index is 2.73. The minimum atomic E-state index is 0.695. The first kappa shape index (κ1) is 11.7. The molecule has 3 heteroatoms. The van der Waals surface area contributed by atoms with Gasteiger partial charge in [0.15, 0.2) is 0 Å². The van der Waals surface area contributed by atoms with Crippen molar-refractivity contribution in [2.75, 3.05) is 23.9 Å². The number of hydrogen-bond donors (Lipinski definition) is 0. The third kappa shape index (κ3) is 3.07. The summed E-state index contributed by atoms with van der Waals surface area (Å²) >= 11 is 11.8. The van der Waals surface area contributed by atoms with E-state index in [1.165, 1.54) is 0 Å². The molecule has 1 aromatic carbocycles. The molecule has 0 saturated carbocycles. The predicted octanol–water partition coefficient (Wildman–Crippen LogP) is 3.80. The van der Waals surface area contributed by atoms with Crippen LogP contribution in [0.5, 0.6) is 0 Å². The van der Waals surface area contributed by atoms with Gasteiger partial charge < -0.3 is 4.90 Å². The Morgan fingerprint density at radius 2 is 2.00 bits per heavy atom. The van der Waals surface area contributed by atoms with E-state index in [1.807, 2.05) is 24.3 Å². The van der Waals surface area contributed by atoms with E-state index < -0.39 is 0 Å². The molecule has 1 nitrogen and oxygen atoms in total. The zero-order chi connectivity index (χ0) is 10.4. The maximum Gasteiger partial charge on any atom is 0.0639 e. The molecule has 0 heterocycles. The van der Waals surface area contributed by atoms with Gasteiger partial charge in [-0.2, -0.15) is 0 Å². The van der Waals surface area contributed by atoms with E-state index in [-0.39, 0.29) is 0 Å². The molecule has 0 spiro atoms. The number of para-hydroxylation sites is 1. The summed E-state index contributed by atoms with van der Waals surface area (Å²) in [6.45, 7) is 4.04. The van der Waals surface area contributed by atoms with Crippen LogP contribution in [0.25, 0.3) is 0 Å². The molecule has 0 fully saturated rings. The first-order chi connectivity index (χ1) is 6.79. The van der Waals surface area contributed by atoms with Crippen molar-refractivity contribution in [1.29, 1.82) is 0 Å². The Hall–Kier alpha value is -0.400. The second kappa shape index (κ2) is 6.15. The van der Waals surface area contributed by atoms with E-state index in [0.717, 1.165) is 30.2 Å². The molecule has 1 rings (SSSR count). The van der Waals surface area contributed by atoms with Crippen LogP contribution >= 0.6 is 23.2 Å². The van der Waals surface area contributed by atoms with Crippen molar-refractivity contribution in [2.45, 2.75) is 13.3 Å². The lowest BCUT2D eigenvalue weighted by Crippen LogP contribution is -2.24. The zero-order valence-corrected chi connectivity index (χ0v) is 9.85. The molecule has 0 saturated heterocycles. The van der Waals surface area contributed by atoms with Crippen LogP contribution in [0.3, 0.4) is 0 Å². The average molecular weight is 232 g/mol. The molecule has 0 bridgehead atoms. The molecular weight excluding hydrogens is 217 g/mol. The van der Waals surface area contributed by atoms with Crippen LogP contribution < -0.4 is 4.90 Å². The molecule has 14 heavy (non-hydrogen) atoms. The summed E-state index contributed by atoms with van der Waals surface area (Å²) in [5, 5.41) is 0.809. The summed E-state index contributed by atoms with van der Waals surface area (Å²) < 4.78 is 0. The van der Waals surface area contributed by atoms with Gasteiger partial charge in [0, 0.05) is 19.0 Å². The van der Waals surface area contributed by atoms with Crippen LogP contribution in [0.4, 0.5) is 5.69 Å². The monoisotopic (exact) mass is 231 g/mol. The first-order valence-corrected chi connectivity index (χ1v) is 5.76. The minimum absolute atomic E-state index is 0.695. The summed E-state index contributed by atoms with van der Waals surface area (Å²) in [7, 11) is 0. The van der Waals surface area contributed by atoms with Gasteiger partial charge in [0.1, 0.15) is 0 Å². The fourth-order valence-corrected chi connectivity index (χ4v) is 1.78. The molecule has 0 N–H and O–H groups in total. The molecule has 0 aliphatic carbocycles. The van der Waals surface area contributed by atoms with Crippen molar-refractivity contribution < 1.29 is 0 Å². The quantitative estimate of drug-likeness (QED) is 0.698. The fraction of sp³-hybridized carbons (Fsp3) is 0.455. The molecule has 0 atom stereocenters. The van der Waals surface area contributed by atoms with Crippen molar-refractivity contribution in [3.63, 3.8) is 0 Å². The Labute approximate surface area is 95.6 Å². The fourth-order valence-electron chi connectivity index (χ4n) is 1.41. The molecule has 0 unspecified atom stereocenters. The largest absolute Gasteiger partial charge is 0.371 e. The number of anilines is 1. The minimum Gasteiger partial charge on any atom is -0.371 e. The number of hydrogen-bond acceptors (Lipinski definition) is 1. The van der Waals surface area contributed by atoms with Gasteiger partial charge in [-0.25, -0.2) is 0 Å². The van der Waals surface area contributed by atoms with E-state index in [2.05, 4.69) is 11.8 Å². The van der Waals surface area contributed by atoms with Gasteiger partial charge in [-0.3, -0.25) is 0 Å². The Kier molecular flexibility index (Phi) is 5.13. The molecule has 0 aromatic heterocycles. The van der Waals surface area contributed by atoms with Gasteiger partial charge in [-0.15, -0.1) is 11.6 Å². The van der Waals surface area contributed by atoms with Crippen molar-refractivity contribution in [1.82, 2.24) is 0 Å². The maximum absolute atomic E-state index is 6.10. The standard InChI is InChI=1S/C11H15Cl2N/c1-2-14(9-5-8-12)11-7-4-3-6-10(11)13/h3-4,6-7H,2,5,8-9H2,1H3. The van der Waals surface area contributed by atoms with Crippen LogP contribution in [0.2, 0.25) is 5.02 Å². The zero-order valence-electron chi connectivity index (χ0n) is 8.34. The normalized spacial score (nSPS) is 10.2. The SMILES string of the molecule is CCN(CCCCl)c1ccccc1Cl. The highest BCUT2D eigenvalue weighted by Gasteiger charge is 2.06. The lowest BCUT2D eigenvalue weighted by atomic mass is 10.2. The van der Waals surface area contributed by atoms with Gasteiger partial charge in [-0.1, -0.05) is 23.7 Å². The third-order valence-electron chi connectivity index (χ3n) is 2.14. The molecule has 0 amide bonds. The lowest BCUT2D eigenvalue weighted by Gasteiger charge is -2.23. The third-order valence-corrected chi connectivity index (χ3v) is 2.72. The van der Waals surface area contributed by atoms with Crippen LogP contribution in [0, 0.1) is 0 Å². The second-order valence-corrected chi connectivity index (χ2v) is 3.86. The smallest absolute Gasteiger partial charge is 0.0639 e. The van der Waals surface area contributed by atoms with Crippen LogP contribution in [-0.2, 0) is 0 Å². The van der Waals surface area contributed by atoms with Crippen molar-refractivity contribution >= 4 is 28.9 Å². The molecule has 78 valence electrons. The van der Waals surface area contributed by atoms with Gasteiger partial charge in [0.2, 0.25) is 0 Å². The van der Waals surface area contributed by atoms with E-state index in [0.29, 0.717) is 5.88 Å². The number of rotatable bonds is 5. The number of nitrogens with zero attached hydrogens (tertiary/aromatic N) is 1. The van der Waals surface area contributed by atoms with Gasteiger partial charge in [0.05, 0.1) is 10.7 Å². The van der Waals surface area contributed by atoms with E-state index >= 15 is 0 Å². The van der Waals surface area contributed by atoms with Gasteiger partial charge in [-0.05, 0) is 25.5 Å². The maximum atomic E-state index is 6.10. The van der Waals surface area contributed by atoms with Crippen LogP contribution in [-0.4, -0.2) is 19.0 Å². The topological polar surface area (TPSA) is 3.24 Å². The van der Waals surface area contributed by atoms with Gasteiger partial charge in [0.25, 0.3) is 0 Å². The second-order valence-electron chi connectivity index (χ2n) is 3.07. The summed E-state index contributed by atoms with van der Waals surface area (Å²) in [6, 6.07) is 7.91. The van der Waals surface area contributed by atoms with Crippen LogP contribution in [0.1, 0.15) is 13.3 Å². The molecule has 0 aliphatic heterocycles. The van der Waals surface area contributed by atoms with E-state index in [1.54, 1.807) is 0 Å². The number of halogens is 2. The predicted molar refractivity (Wildman–Crippen MR) is 64.7 cm³/mol. The van der Waals surface area contributed by atoms with Crippen molar-refractivity contribution in [3.05, 3.63) is 29.3 Å². The van der Waals surface area contributed by atoms with Crippen LogP contribution in [0.15, 0.2) is 24.3 Å². The highest BCUT2D eigenvalue weighted by atomic mass is 35.5. The summed E-state index contributed by atoms with van der Waals surface area (Å²) in [6.07, 6.45) is 0.987. The van der Waals surface area contributed by atoms with Crippen molar-refractivity contribution in [2.24, 2.45) is 0 Å². The molecule has 0 aliphatic rings. The van der Waals surface area contributed by atoms with E-state index in [4.69, 9.17) is 23.2 Å². The summed E-state index contributed by atoms with van der Waals surface area (Å²) in [5.41, 5.74) is 1.10.